The number of benzene rings is 1. The highest BCUT2D eigenvalue weighted by atomic mass is 79.9. The molecule has 0 bridgehead atoms. The number of hydrogen-bond acceptors (Lipinski definition) is 3. The van der Waals surface area contributed by atoms with Gasteiger partial charge in [0.1, 0.15) is 0 Å². The third kappa shape index (κ3) is 3.30. The first-order chi connectivity index (χ1) is 10.1. The molecule has 1 aromatic heterocycles. The first-order valence-electron chi connectivity index (χ1n) is 7.11. The summed E-state index contributed by atoms with van der Waals surface area (Å²) in [5, 5.41) is 2.92. The van der Waals surface area contributed by atoms with Crippen molar-refractivity contribution in [2.24, 2.45) is 0 Å². The molecule has 21 heavy (non-hydrogen) atoms. The van der Waals surface area contributed by atoms with Gasteiger partial charge in [-0.2, -0.15) is 0 Å². The van der Waals surface area contributed by atoms with E-state index in [1.807, 2.05) is 12.1 Å². The van der Waals surface area contributed by atoms with Crippen LogP contribution in [0.2, 0.25) is 0 Å². The van der Waals surface area contributed by atoms with Crippen LogP contribution in [0.3, 0.4) is 0 Å². The maximum atomic E-state index is 12.4. The van der Waals surface area contributed by atoms with Crippen molar-refractivity contribution in [3.05, 3.63) is 44.1 Å². The lowest BCUT2D eigenvalue weighted by Crippen LogP contribution is -2.10. The summed E-state index contributed by atoms with van der Waals surface area (Å²) >= 11 is 4.98. The van der Waals surface area contributed by atoms with E-state index >= 15 is 0 Å². The first-order valence-corrected chi connectivity index (χ1v) is 8.72. The van der Waals surface area contributed by atoms with Crippen LogP contribution >= 0.6 is 27.3 Å². The molecular weight excluding hydrogens is 348 g/mol. The van der Waals surface area contributed by atoms with Crippen molar-refractivity contribution in [1.29, 1.82) is 0 Å². The van der Waals surface area contributed by atoms with Gasteiger partial charge in [0, 0.05) is 20.7 Å². The molecule has 1 aliphatic rings. The quantitative estimate of drug-likeness (QED) is 0.603. The van der Waals surface area contributed by atoms with E-state index in [1.165, 1.54) is 29.7 Å². The lowest BCUT2D eigenvalue weighted by molar-refractivity contribution is 0.103. The number of amides is 1. The highest BCUT2D eigenvalue weighted by Crippen LogP contribution is 2.30. The van der Waals surface area contributed by atoms with Gasteiger partial charge in [0.2, 0.25) is 0 Å². The molecule has 0 unspecified atom stereocenters. The smallest absolute Gasteiger partial charge is 0.265 e. The van der Waals surface area contributed by atoms with Gasteiger partial charge >= 0.3 is 0 Å². The number of halogens is 1. The van der Waals surface area contributed by atoms with E-state index in [-0.39, 0.29) is 5.91 Å². The van der Waals surface area contributed by atoms with Crippen molar-refractivity contribution in [2.75, 3.05) is 11.1 Å². The van der Waals surface area contributed by atoms with Crippen molar-refractivity contribution in [1.82, 2.24) is 0 Å². The predicted octanol–water partition coefficient (Wildman–Crippen LogP) is 4.61. The fourth-order valence-electron chi connectivity index (χ4n) is 2.59. The third-order valence-corrected chi connectivity index (χ3v) is 5.68. The Kier molecular flexibility index (Phi) is 4.31. The number of hydrogen-bond donors (Lipinski definition) is 2. The molecule has 0 atom stereocenters. The Morgan fingerprint density at radius 1 is 1.19 bits per heavy atom. The molecule has 2 aromatic rings. The molecule has 110 valence electrons. The molecule has 0 saturated heterocycles. The summed E-state index contributed by atoms with van der Waals surface area (Å²) in [4.78, 5) is 14.5. The van der Waals surface area contributed by atoms with E-state index in [4.69, 9.17) is 5.73 Å². The lowest BCUT2D eigenvalue weighted by Gasteiger charge is -2.05. The number of nitrogen functional groups attached to an aromatic ring is 1. The molecule has 0 saturated carbocycles. The second-order valence-electron chi connectivity index (χ2n) is 5.31. The number of aryl methyl sites for hydroxylation is 2. The van der Waals surface area contributed by atoms with Crippen LogP contribution in [-0.4, -0.2) is 5.91 Å². The Morgan fingerprint density at radius 2 is 2.00 bits per heavy atom. The van der Waals surface area contributed by atoms with Gasteiger partial charge in [-0.05, 0) is 71.4 Å². The molecule has 0 aliphatic heterocycles. The van der Waals surface area contributed by atoms with E-state index < -0.39 is 0 Å². The van der Waals surface area contributed by atoms with Crippen LogP contribution in [-0.2, 0) is 12.8 Å². The average molecular weight is 365 g/mol. The second-order valence-corrected chi connectivity index (χ2v) is 7.30. The third-order valence-electron chi connectivity index (χ3n) is 3.72. The lowest BCUT2D eigenvalue weighted by atomic mass is 10.1. The van der Waals surface area contributed by atoms with Crippen molar-refractivity contribution in [3.63, 3.8) is 0 Å². The summed E-state index contributed by atoms with van der Waals surface area (Å²) in [6.45, 7) is 0. The predicted molar refractivity (Wildman–Crippen MR) is 92.1 cm³/mol. The normalized spacial score (nSPS) is 14.3. The van der Waals surface area contributed by atoms with Crippen LogP contribution in [0.5, 0.6) is 0 Å². The molecule has 1 amide bonds. The maximum Gasteiger partial charge on any atom is 0.265 e. The molecule has 1 heterocycles. The van der Waals surface area contributed by atoms with Gasteiger partial charge in [-0.25, -0.2) is 0 Å². The number of fused-ring (bicyclic) bond motifs is 1. The molecular formula is C16H17BrN2OS. The zero-order valence-electron chi connectivity index (χ0n) is 11.6. The minimum absolute atomic E-state index is 0.0465. The van der Waals surface area contributed by atoms with Crippen molar-refractivity contribution in [2.45, 2.75) is 32.1 Å². The largest absolute Gasteiger partial charge is 0.398 e. The molecule has 1 aliphatic carbocycles. The van der Waals surface area contributed by atoms with E-state index in [2.05, 4.69) is 27.3 Å². The van der Waals surface area contributed by atoms with Crippen LogP contribution in [0.25, 0.3) is 0 Å². The van der Waals surface area contributed by atoms with Gasteiger partial charge in [-0.15, -0.1) is 11.3 Å². The Labute approximate surface area is 136 Å². The second kappa shape index (κ2) is 6.20. The monoisotopic (exact) mass is 364 g/mol. The Morgan fingerprint density at radius 3 is 2.81 bits per heavy atom. The highest BCUT2D eigenvalue weighted by Gasteiger charge is 2.16. The van der Waals surface area contributed by atoms with Crippen molar-refractivity contribution in [3.8, 4) is 0 Å². The minimum atomic E-state index is -0.0465. The molecule has 3 nitrogen and oxygen atoms in total. The Balaban J connectivity index is 1.77. The van der Waals surface area contributed by atoms with Crippen LogP contribution in [0, 0.1) is 0 Å². The van der Waals surface area contributed by atoms with Crippen LogP contribution in [0.15, 0.2) is 28.7 Å². The fourth-order valence-corrected chi connectivity index (χ4v) is 3.99. The fraction of sp³-hybridized carbons (Fsp3) is 0.312. The van der Waals surface area contributed by atoms with Crippen LogP contribution < -0.4 is 11.1 Å². The SMILES string of the molecule is Nc1cc(NC(=O)c2cc3c(s2)CCCCC3)ccc1Br. The van der Waals surface area contributed by atoms with Gasteiger partial charge in [0.05, 0.1) is 4.88 Å². The van der Waals surface area contributed by atoms with Crippen LogP contribution in [0.4, 0.5) is 11.4 Å². The van der Waals surface area contributed by atoms with Gasteiger partial charge in [0.15, 0.2) is 0 Å². The van der Waals surface area contributed by atoms with Gasteiger partial charge in [-0.3, -0.25) is 4.79 Å². The zero-order chi connectivity index (χ0) is 14.8. The molecule has 0 spiro atoms. The zero-order valence-corrected chi connectivity index (χ0v) is 14.0. The summed E-state index contributed by atoms with van der Waals surface area (Å²) in [6.07, 6.45) is 5.97. The molecule has 1 aromatic carbocycles. The Hall–Kier alpha value is -1.33. The molecule has 3 rings (SSSR count). The van der Waals surface area contributed by atoms with E-state index in [1.54, 1.807) is 17.4 Å². The van der Waals surface area contributed by atoms with E-state index in [9.17, 15) is 4.79 Å². The number of anilines is 2. The summed E-state index contributed by atoms with van der Waals surface area (Å²) in [5.74, 6) is -0.0465. The summed E-state index contributed by atoms with van der Waals surface area (Å²) in [6, 6.07) is 7.51. The molecule has 0 radical (unpaired) electrons. The van der Waals surface area contributed by atoms with Crippen LogP contribution in [0.1, 0.15) is 39.4 Å². The minimum Gasteiger partial charge on any atom is -0.398 e. The Bertz CT molecular complexity index is 657. The maximum absolute atomic E-state index is 12.4. The van der Waals surface area contributed by atoms with E-state index in [0.717, 1.165) is 27.9 Å². The number of carbonyl (C=O) groups excluding carboxylic acids is 1. The average Bonchev–Trinajstić information content (AvgIpc) is 2.74. The summed E-state index contributed by atoms with van der Waals surface area (Å²) in [7, 11) is 0. The van der Waals surface area contributed by atoms with Gasteiger partial charge in [0.25, 0.3) is 5.91 Å². The highest BCUT2D eigenvalue weighted by molar-refractivity contribution is 9.10. The van der Waals surface area contributed by atoms with Gasteiger partial charge in [-0.1, -0.05) is 6.42 Å². The molecule has 5 heteroatoms. The number of carbonyl (C=O) groups is 1. The van der Waals surface area contributed by atoms with Crippen molar-refractivity contribution < 1.29 is 4.79 Å². The summed E-state index contributed by atoms with van der Waals surface area (Å²) in [5.41, 5.74) is 8.54. The molecule has 0 fully saturated rings. The molecule has 3 N–H and O–H groups in total. The number of nitrogens with one attached hydrogen (secondary N) is 1. The number of thiophene rings is 1. The first kappa shape index (κ1) is 14.6. The number of nitrogens with two attached hydrogens (primary N) is 1. The number of rotatable bonds is 2. The van der Waals surface area contributed by atoms with Gasteiger partial charge < -0.3 is 11.1 Å². The topological polar surface area (TPSA) is 55.1 Å². The standard InChI is InChI=1S/C16H17BrN2OS/c17-12-7-6-11(9-13(12)18)19-16(20)15-8-10-4-2-1-3-5-14(10)21-15/h6-9H,1-5,18H2,(H,19,20). The van der Waals surface area contributed by atoms with E-state index in [0.29, 0.717) is 5.69 Å². The summed E-state index contributed by atoms with van der Waals surface area (Å²) < 4.78 is 0.836. The van der Waals surface area contributed by atoms with Crippen molar-refractivity contribution >= 4 is 44.5 Å².